The quantitative estimate of drug-likeness (QED) is 0.894. The molecular weight excluding hydrogens is 247 g/mol. The highest BCUT2D eigenvalue weighted by Crippen LogP contribution is 2.39. The summed E-state index contributed by atoms with van der Waals surface area (Å²) in [5, 5.41) is 2.38. The van der Waals surface area contributed by atoms with Gasteiger partial charge < -0.3 is 0 Å². The molecule has 4 nitrogen and oxygen atoms in total. The lowest BCUT2D eigenvalue weighted by atomic mass is 10.2. The number of H-pyrrole nitrogens is 1. The SMILES string of the molecule is O=c1cc(C2CC2)cc2nc(CC(F)(F)F)[nH]n12. The zero-order chi connectivity index (χ0) is 12.9. The molecule has 18 heavy (non-hydrogen) atoms. The highest BCUT2D eigenvalue weighted by molar-refractivity contribution is 5.42. The van der Waals surface area contributed by atoms with Crippen molar-refractivity contribution in [3.05, 3.63) is 33.9 Å². The van der Waals surface area contributed by atoms with Crippen molar-refractivity contribution in [3.63, 3.8) is 0 Å². The molecule has 2 heterocycles. The van der Waals surface area contributed by atoms with Gasteiger partial charge in [0.15, 0.2) is 5.65 Å². The van der Waals surface area contributed by atoms with Crippen molar-refractivity contribution in [1.29, 1.82) is 0 Å². The first-order valence-electron chi connectivity index (χ1n) is 5.61. The van der Waals surface area contributed by atoms with E-state index in [0.717, 1.165) is 22.9 Å². The maximum Gasteiger partial charge on any atom is 0.396 e. The molecule has 1 fully saturated rings. The Hall–Kier alpha value is -1.79. The van der Waals surface area contributed by atoms with Gasteiger partial charge in [0.1, 0.15) is 12.2 Å². The lowest BCUT2D eigenvalue weighted by Crippen LogP contribution is -2.15. The molecule has 1 aliphatic carbocycles. The molecule has 0 saturated heterocycles. The molecule has 3 rings (SSSR count). The van der Waals surface area contributed by atoms with E-state index in [9.17, 15) is 18.0 Å². The number of alkyl halides is 3. The molecule has 7 heteroatoms. The first-order valence-corrected chi connectivity index (χ1v) is 5.61. The summed E-state index contributed by atoms with van der Waals surface area (Å²) in [7, 11) is 0. The molecule has 0 bridgehead atoms. The van der Waals surface area contributed by atoms with Crippen molar-refractivity contribution in [1.82, 2.24) is 14.6 Å². The number of pyridine rings is 1. The van der Waals surface area contributed by atoms with Gasteiger partial charge in [0.25, 0.3) is 5.56 Å². The Labute approximate surface area is 99.4 Å². The van der Waals surface area contributed by atoms with Crippen LogP contribution in [0.3, 0.4) is 0 Å². The highest BCUT2D eigenvalue weighted by Gasteiger charge is 2.30. The van der Waals surface area contributed by atoms with E-state index in [4.69, 9.17) is 0 Å². The molecule has 0 atom stereocenters. The molecule has 0 aromatic carbocycles. The summed E-state index contributed by atoms with van der Waals surface area (Å²) >= 11 is 0. The minimum absolute atomic E-state index is 0.243. The number of rotatable bonds is 2. The van der Waals surface area contributed by atoms with Gasteiger partial charge in [0, 0.05) is 6.07 Å². The lowest BCUT2D eigenvalue weighted by Gasteiger charge is -2.01. The Morgan fingerprint density at radius 1 is 1.39 bits per heavy atom. The maximum absolute atomic E-state index is 12.2. The van der Waals surface area contributed by atoms with Crippen molar-refractivity contribution in [2.24, 2.45) is 0 Å². The summed E-state index contributed by atoms with van der Waals surface area (Å²) in [6.07, 6.45) is -3.45. The molecule has 1 N–H and O–H groups in total. The molecular formula is C11H10F3N3O. The number of aromatic nitrogens is 3. The molecule has 1 saturated carbocycles. The molecule has 0 unspecified atom stereocenters. The van der Waals surface area contributed by atoms with Crippen LogP contribution >= 0.6 is 0 Å². The minimum atomic E-state index is -4.34. The van der Waals surface area contributed by atoms with Crippen LogP contribution in [0.25, 0.3) is 5.65 Å². The zero-order valence-corrected chi connectivity index (χ0v) is 9.29. The summed E-state index contributed by atoms with van der Waals surface area (Å²) in [4.78, 5) is 15.5. The van der Waals surface area contributed by atoms with E-state index >= 15 is 0 Å². The van der Waals surface area contributed by atoms with Gasteiger partial charge in [-0.05, 0) is 30.4 Å². The zero-order valence-electron chi connectivity index (χ0n) is 9.29. The third-order valence-electron chi connectivity index (χ3n) is 2.94. The van der Waals surface area contributed by atoms with Crippen molar-refractivity contribution < 1.29 is 13.2 Å². The predicted octanol–water partition coefficient (Wildman–Crippen LogP) is 2.00. The average Bonchev–Trinajstić information content (AvgIpc) is 2.98. The van der Waals surface area contributed by atoms with Gasteiger partial charge >= 0.3 is 6.18 Å². The standard InChI is InChI=1S/C11H10F3N3O/c12-11(13,14)5-8-15-9-3-7(6-1-2-6)4-10(18)17(9)16-8/h3-4,6H,1-2,5H2,(H,15,16). The van der Waals surface area contributed by atoms with Gasteiger partial charge in [-0.1, -0.05) is 0 Å². The highest BCUT2D eigenvalue weighted by atomic mass is 19.4. The second-order valence-corrected chi connectivity index (χ2v) is 4.56. The van der Waals surface area contributed by atoms with Gasteiger partial charge in [0.05, 0.1) is 0 Å². The summed E-state index contributed by atoms with van der Waals surface area (Å²) in [5.41, 5.74) is 0.754. The summed E-state index contributed by atoms with van der Waals surface area (Å²) in [6.45, 7) is 0. The summed E-state index contributed by atoms with van der Waals surface area (Å²) < 4.78 is 37.8. The van der Waals surface area contributed by atoms with Crippen molar-refractivity contribution in [2.45, 2.75) is 31.4 Å². The van der Waals surface area contributed by atoms with Crippen LogP contribution in [0.5, 0.6) is 0 Å². The number of nitrogens with one attached hydrogen (secondary N) is 1. The maximum atomic E-state index is 12.2. The van der Waals surface area contributed by atoms with Crippen LogP contribution in [-0.2, 0) is 6.42 Å². The van der Waals surface area contributed by atoms with Gasteiger partial charge in [-0.2, -0.15) is 13.2 Å². The van der Waals surface area contributed by atoms with Crippen LogP contribution in [0.2, 0.25) is 0 Å². The minimum Gasteiger partial charge on any atom is -0.276 e. The summed E-state index contributed by atoms with van der Waals surface area (Å²) in [5.74, 6) is 0.123. The van der Waals surface area contributed by atoms with E-state index in [-0.39, 0.29) is 17.0 Å². The Kier molecular flexibility index (Phi) is 2.26. The number of hydrogen-bond donors (Lipinski definition) is 1. The van der Waals surface area contributed by atoms with Crippen LogP contribution in [0, 0.1) is 0 Å². The molecule has 0 spiro atoms. The Bertz CT molecular complexity index is 652. The van der Waals surface area contributed by atoms with Gasteiger partial charge in [-0.25, -0.2) is 9.50 Å². The lowest BCUT2D eigenvalue weighted by molar-refractivity contribution is -0.128. The molecule has 0 amide bonds. The second kappa shape index (κ2) is 3.60. The third-order valence-corrected chi connectivity index (χ3v) is 2.94. The molecule has 96 valence electrons. The molecule has 0 radical (unpaired) electrons. The van der Waals surface area contributed by atoms with Crippen molar-refractivity contribution >= 4 is 5.65 Å². The van der Waals surface area contributed by atoms with Crippen LogP contribution in [0.15, 0.2) is 16.9 Å². The smallest absolute Gasteiger partial charge is 0.276 e. The van der Waals surface area contributed by atoms with E-state index in [0.29, 0.717) is 5.92 Å². The second-order valence-electron chi connectivity index (χ2n) is 4.56. The first-order chi connectivity index (χ1) is 8.42. The van der Waals surface area contributed by atoms with Crippen LogP contribution in [-0.4, -0.2) is 20.8 Å². The predicted molar refractivity (Wildman–Crippen MR) is 57.5 cm³/mol. The van der Waals surface area contributed by atoms with E-state index < -0.39 is 12.6 Å². The van der Waals surface area contributed by atoms with Gasteiger partial charge in [-0.3, -0.25) is 9.89 Å². The number of hydrogen-bond acceptors (Lipinski definition) is 2. The number of halogens is 3. The molecule has 2 aromatic heterocycles. The van der Waals surface area contributed by atoms with Gasteiger partial charge in [-0.15, -0.1) is 0 Å². The fourth-order valence-corrected chi connectivity index (χ4v) is 1.98. The fraction of sp³-hybridized carbons (Fsp3) is 0.455. The van der Waals surface area contributed by atoms with Crippen LogP contribution < -0.4 is 5.56 Å². The molecule has 0 aliphatic heterocycles. The van der Waals surface area contributed by atoms with Crippen molar-refractivity contribution in [2.75, 3.05) is 0 Å². The fourth-order valence-electron chi connectivity index (χ4n) is 1.98. The topological polar surface area (TPSA) is 50.2 Å². The largest absolute Gasteiger partial charge is 0.396 e. The normalized spacial score (nSPS) is 16.4. The van der Waals surface area contributed by atoms with Crippen LogP contribution in [0.1, 0.15) is 30.1 Å². The third kappa shape index (κ3) is 2.12. The van der Waals surface area contributed by atoms with Crippen LogP contribution in [0.4, 0.5) is 13.2 Å². The number of nitrogens with zero attached hydrogens (tertiary/aromatic N) is 2. The number of fused-ring (bicyclic) bond motifs is 1. The van der Waals surface area contributed by atoms with E-state index in [1.54, 1.807) is 6.07 Å². The van der Waals surface area contributed by atoms with Gasteiger partial charge in [0.2, 0.25) is 0 Å². The Balaban J connectivity index is 2.05. The summed E-state index contributed by atoms with van der Waals surface area (Å²) in [6, 6.07) is 3.13. The van der Waals surface area contributed by atoms with E-state index in [2.05, 4.69) is 10.1 Å². The monoisotopic (exact) mass is 257 g/mol. The van der Waals surface area contributed by atoms with E-state index in [1.165, 1.54) is 6.07 Å². The number of aromatic amines is 1. The van der Waals surface area contributed by atoms with E-state index in [1.807, 2.05) is 0 Å². The molecule has 1 aliphatic rings. The Morgan fingerprint density at radius 2 is 2.11 bits per heavy atom. The first kappa shape index (κ1) is 11.3. The Morgan fingerprint density at radius 3 is 2.72 bits per heavy atom. The molecule has 2 aromatic rings. The average molecular weight is 257 g/mol. The van der Waals surface area contributed by atoms with Crippen molar-refractivity contribution in [3.8, 4) is 0 Å².